The van der Waals surface area contributed by atoms with Gasteiger partial charge >= 0.3 is 11.6 Å². The van der Waals surface area contributed by atoms with Crippen LogP contribution in [0.1, 0.15) is 32.6 Å². The van der Waals surface area contributed by atoms with E-state index in [1.807, 2.05) is 92.7 Å². The number of rotatable bonds is 4. The van der Waals surface area contributed by atoms with Crippen LogP contribution in [0, 0.1) is 25.7 Å². The second-order valence-electron chi connectivity index (χ2n) is 8.90. The molecule has 0 bridgehead atoms. The van der Waals surface area contributed by atoms with Gasteiger partial charge in [-0.3, -0.25) is 0 Å². The summed E-state index contributed by atoms with van der Waals surface area (Å²) in [6.07, 6.45) is 0. The average Bonchev–Trinajstić information content (AvgIpc) is 2.95. The number of carbonyl (C=O) groups is 1. The third kappa shape index (κ3) is 5.33. The van der Waals surface area contributed by atoms with E-state index in [1.165, 1.54) is 0 Å². The zero-order chi connectivity index (χ0) is 26.5. The van der Waals surface area contributed by atoms with Gasteiger partial charge in [0.1, 0.15) is 0 Å². The average molecular weight is 497 g/mol. The fourth-order valence-electron chi connectivity index (χ4n) is 4.02. The number of esters is 1. The summed E-state index contributed by atoms with van der Waals surface area (Å²) in [6.45, 7) is 3.99. The molecule has 0 spiro atoms. The van der Waals surface area contributed by atoms with Crippen LogP contribution in [0.3, 0.4) is 0 Å². The third-order valence-corrected chi connectivity index (χ3v) is 6.05. The van der Waals surface area contributed by atoms with E-state index in [0.29, 0.717) is 33.6 Å². The Morgan fingerprint density at radius 1 is 0.684 bits per heavy atom. The molecule has 38 heavy (non-hydrogen) atoms. The van der Waals surface area contributed by atoms with Crippen molar-refractivity contribution >= 4 is 5.97 Å². The highest BCUT2D eigenvalue weighted by atomic mass is 16.5. The Morgan fingerprint density at radius 2 is 1.26 bits per heavy atom. The monoisotopic (exact) mass is 496 g/mol. The SMILES string of the molecule is Cc1ccc(C#Cc2c(-c3ccccc3)oc(=O)c(OC(=O)c3ccccc3)c2-c2ccc(C)cc2)cc1. The molecule has 0 fully saturated rings. The lowest BCUT2D eigenvalue weighted by atomic mass is 9.95. The first kappa shape index (κ1) is 24.5. The summed E-state index contributed by atoms with van der Waals surface area (Å²) in [7, 11) is 0. The number of ether oxygens (including phenoxy) is 1. The van der Waals surface area contributed by atoms with Gasteiger partial charge in [0.15, 0.2) is 5.76 Å². The molecule has 0 N–H and O–H groups in total. The number of benzene rings is 4. The zero-order valence-electron chi connectivity index (χ0n) is 21.0. The van der Waals surface area contributed by atoms with Crippen molar-refractivity contribution in [3.63, 3.8) is 0 Å². The minimum atomic E-state index is -0.760. The lowest BCUT2D eigenvalue weighted by Crippen LogP contribution is -2.17. The van der Waals surface area contributed by atoms with Gasteiger partial charge in [0.05, 0.1) is 16.7 Å². The maximum Gasteiger partial charge on any atom is 0.380 e. The maximum atomic E-state index is 13.4. The Bertz CT molecular complexity index is 1700. The molecule has 4 heteroatoms. The molecular weight excluding hydrogens is 472 g/mol. The van der Waals surface area contributed by atoms with Gasteiger partial charge < -0.3 is 9.15 Å². The Balaban J connectivity index is 1.78. The van der Waals surface area contributed by atoms with Crippen LogP contribution in [0.4, 0.5) is 0 Å². The second-order valence-corrected chi connectivity index (χ2v) is 8.90. The molecule has 0 aliphatic heterocycles. The van der Waals surface area contributed by atoms with E-state index in [9.17, 15) is 9.59 Å². The minimum Gasteiger partial charge on any atom is -0.419 e. The van der Waals surface area contributed by atoms with E-state index in [2.05, 4.69) is 11.8 Å². The summed E-state index contributed by atoms with van der Waals surface area (Å²) in [4.78, 5) is 26.5. The summed E-state index contributed by atoms with van der Waals surface area (Å²) in [5.41, 5.74) is 4.78. The molecular formula is C34H24O4. The first-order valence-electron chi connectivity index (χ1n) is 12.2. The summed E-state index contributed by atoms with van der Waals surface area (Å²) in [5.74, 6) is 5.89. The van der Waals surface area contributed by atoms with Gasteiger partial charge in [-0.1, -0.05) is 108 Å². The van der Waals surface area contributed by atoms with Crippen LogP contribution in [-0.4, -0.2) is 5.97 Å². The highest BCUT2D eigenvalue weighted by Crippen LogP contribution is 2.37. The molecule has 4 nitrogen and oxygen atoms in total. The highest BCUT2D eigenvalue weighted by molar-refractivity contribution is 5.93. The van der Waals surface area contributed by atoms with E-state index in [4.69, 9.17) is 9.15 Å². The molecule has 4 aromatic carbocycles. The molecule has 0 atom stereocenters. The smallest absolute Gasteiger partial charge is 0.380 e. The summed E-state index contributed by atoms with van der Waals surface area (Å²) in [6, 6.07) is 33.3. The maximum absolute atomic E-state index is 13.4. The van der Waals surface area contributed by atoms with Crippen molar-refractivity contribution in [2.24, 2.45) is 0 Å². The van der Waals surface area contributed by atoms with Crippen LogP contribution in [-0.2, 0) is 0 Å². The molecule has 1 aromatic heterocycles. The van der Waals surface area contributed by atoms with Crippen molar-refractivity contribution in [2.45, 2.75) is 13.8 Å². The van der Waals surface area contributed by atoms with E-state index in [0.717, 1.165) is 16.7 Å². The van der Waals surface area contributed by atoms with Gasteiger partial charge in [-0.05, 0) is 43.7 Å². The molecule has 0 amide bonds. The summed E-state index contributed by atoms with van der Waals surface area (Å²) < 4.78 is 11.6. The van der Waals surface area contributed by atoms with Gasteiger partial charge in [-0.2, -0.15) is 0 Å². The summed E-state index contributed by atoms with van der Waals surface area (Å²) in [5, 5.41) is 0. The van der Waals surface area contributed by atoms with Crippen molar-refractivity contribution in [2.75, 3.05) is 0 Å². The standard InChI is InChI=1S/C34H24O4/c1-23-13-17-25(18-14-23)19-22-29-30(26-20-15-24(2)16-21-26)32(38-33(35)28-11-7-4-8-12-28)34(36)37-31(29)27-9-5-3-6-10-27/h3-18,20-21H,1-2H3. The third-order valence-electron chi connectivity index (χ3n) is 6.05. The molecule has 5 rings (SSSR count). The van der Waals surface area contributed by atoms with Gasteiger partial charge in [-0.25, -0.2) is 9.59 Å². The van der Waals surface area contributed by atoms with Crippen LogP contribution in [0.2, 0.25) is 0 Å². The molecule has 0 radical (unpaired) electrons. The fraction of sp³-hybridized carbons (Fsp3) is 0.0588. The fourth-order valence-corrected chi connectivity index (χ4v) is 4.02. The first-order valence-corrected chi connectivity index (χ1v) is 12.2. The number of aryl methyl sites for hydroxylation is 2. The lowest BCUT2D eigenvalue weighted by Gasteiger charge is -2.15. The predicted octanol–water partition coefficient (Wildman–Crippen LogP) is 7.21. The zero-order valence-corrected chi connectivity index (χ0v) is 21.0. The van der Waals surface area contributed by atoms with Crippen molar-refractivity contribution in [1.29, 1.82) is 0 Å². The van der Waals surface area contributed by atoms with Crippen LogP contribution < -0.4 is 10.4 Å². The normalized spacial score (nSPS) is 10.4. The van der Waals surface area contributed by atoms with Gasteiger partial charge in [0.2, 0.25) is 5.75 Å². The van der Waals surface area contributed by atoms with E-state index >= 15 is 0 Å². The molecule has 0 aliphatic rings. The van der Waals surface area contributed by atoms with Gasteiger partial charge in [0.25, 0.3) is 0 Å². The van der Waals surface area contributed by atoms with Crippen molar-refractivity contribution < 1.29 is 13.9 Å². The number of hydrogen-bond acceptors (Lipinski definition) is 4. The molecule has 0 saturated heterocycles. The first-order chi connectivity index (χ1) is 18.5. The molecule has 5 aromatic rings. The highest BCUT2D eigenvalue weighted by Gasteiger charge is 2.25. The van der Waals surface area contributed by atoms with Crippen molar-refractivity contribution in [3.8, 4) is 40.0 Å². The number of hydrogen-bond donors (Lipinski definition) is 0. The van der Waals surface area contributed by atoms with Gasteiger partial charge in [0, 0.05) is 11.1 Å². The molecule has 184 valence electrons. The van der Waals surface area contributed by atoms with E-state index < -0.39 is 11.6 Å². The predicted molar refractivity (Wildman–Crippen MR) is 149 cm³/mol. The quantitative estimate of drug-likeness (QED) is 0.195. The topological polar surface area (TPSA) is 56.5 Å². The Kier molecular flexibility index (Phi) is 7.02. The van der Waals surface area contributed by atoms with Crippen LogP contribution in [0.25, 0.3) is 22.5 Å². The summed E-state index contributed by atoms with van der Waals surface area (Å²) >= 11 is 0. The van der Waals surface area contributed by atoms with Crippen molar-refractivity contribution in [1.82, 2.24) is 0 Å². The minimum absolute atomic E-state index is 0.199. The van der Waals surface area contributed by atoms with Crippen LogP contribution in [0.15, 0.2) is 118 Å². The van der Waals surface area contributed by atoms with Crippen LogP contribution in [0.5, 0.6) is 5.75 Å². The number of carbonyl (C=O) groups excluding carboxylic acids is 1. The largest absolute Gasteiger partial charge is 0.419 e. The van der Waals surface area contributed by atoms with E-state index in [-0.39, 0.29) is 5.75 Å². The Labute approximate surface area is 221 Å². The van der Waals surface area contributed by atoms with E-state index in [1.54, 1.807) is 30.3 Å². The molecule has 1 heterocycles. The lowest BCUT2D eigenvalue weighted by molar-refractivity contribution is 0.0729. The van der Waals surface area contributed by atoms with Crippen LogP contribution >= 0.6 is 0 Å². The molecule has 0 unspecified atom stereocenters. The molecule has 0 aliphatic carbocycles. The van der Waals surface area contributed by atoms with Crippen molar-refractivity contribution in [3.05, 3.63) is 147 Å². The second kappa shape index (κ2) is 10.9. The van der Waals surface area contributed by atoms with Gasteiger partial charge in [-0.15, -0.1) is 0 Å². The Hall–Kier alpha value is -5.14. The molecule has 0 saturated carbocycles. The Morgan fingerprint density at radius 3 is 1.89 bits per heavy atom.